The standard InChI is InChI=1S/C15H21N3O2/c1-10(16)5-8-14(19)17-12-3-2-4-13(9-12)18-15(20)11-6-7-11/h2-4,9-11H,5-8,16H2,1H3,(H,17,19)(H,18,20). The molecule has 1 aliphatic carbocycles. The summed E-state index contributed by atoms with van der Waals surface area (Å²) in [7, 11) is 0. The van der Waals surface area contributed by atoms with Crippen LogP contribution in [0.5, 0.6) is 0 Å². The van der Waals surface area contributed by atoms with Gasteiger partial charge in [0, 0.05) is 29.8 Å². The maximum absolute atomic E-state index is 11.7. The molecule has 0 aliphatic heterocycles. The summed E-state index contributed by atoms with van der Waals surface area (Å²) >= 11 is 0. The first-order chi connectivity index (χ1) is 9.54. The fourth-order valence-corrected chi connectivity index (χ4v) is 1.85. The average molecular weight is 275 g/mol. The van der Waals surface area contributed by atoms with Crippen LogP contribution in [0.2, 0.25) is 0 Å². The molecule has 1 aromatic rings. The van der Waals surface area contributed by atoms with Gasteiger partial charge in [0.1, 0.15) is 0 Å². The van der Waals surface area contributed by atoms with E-state index in [0.717, 1.165) is 12.8 Å². The van der Waals surface area contributed by atoms with Gasteiger partial charge in [0.15, 0.2) is 0 Å². The number of nitrogens with one attached hydrogen (secondary N) is 2. The minimum atomic E-state index is -0.0621. The van der Waals surface area contributed by atoms with E-state index < -0.39 is 0 Å². The van der Waals surface area contributed by atoms with E-state index in [2.05, 4.69) is 10.6 Å². The molecule has 0 spiro atoms. The molecule has 1 saturated carbocycles. The van der Waals surface area contributed by atoms with Crippen molar-refractivity contribution in [3.8, 4) is 0 Å². The van der Waals surface area contributed by atoms with E-state index in [0.29, 0.717) is 24.2 Å². The van der Waals surface area contributed by atoms with E-state index >= 15 is 0 Å². The molecule has 0 radical (unpaired) electrons. The molecule has 1 aliphatic rings. The van der Waals surface area contributed by atoms with Gasteiger partial charge in [-0.1, -0.05) is 6.07 Å². The van der Waals surface area contributed by atoms with Crippen molar-refractivity contribution in [3.63, 3.8) is 0 Å². The summed E-state index contributed by atoms with van der Waals surface area (Å²) < 4.78 is 0. The van der Waals surface area contributed by atoms with Crippen LogP contribution >= 0.6 is 0 Å². The van der Waals surface area contributed by atoms with Crippen molar-refractivity contribution in [2.24, 2.45) is 11.7 Å². The van der Waals surface area contributed by atoms with Crippen molar-refractivity contribution in [1.29, 1.82) is 0 Å². The Hall–Kier alpha value is -1.88. The number of anilines is 2. The summed E-state index contributed by atoms with van der Waals surface area (Å²) in [6.45, 7) is 1.88. The highest BCUT2D eigenvalue weighted by molar-refractivity contribution is 5.95. The predicted octanol–water partition coefficient (Wildman–Crippen LogP) is 2.10. The van der Waals surface area contributed by atoms with E-state index in [9.17, 15) is 9.59 Å². The van der Waals surface area contributed by atoms with Crippen LogP contribution in [0.15, 0.2) is 24.3 Å². The number of benzene rings is 1. The summed E-state index contributed by atoms with van der Waals surface area (Å²) in [6, 6.07) is 7.22. The van der Waals surface area contributed by atoms with E-state index in [-0.39, 0.29) is 23.8 Å². The van der Waals surface area contributed by atoms with Gasteiger partial charge in [-0.15, -0.1) is 0 Å². The molecule has 1 fully saturated rings. The second-order valence-corrected chi connectivity index (χ2v) is 5.41. The molecule has 1 aromatic carbocycles. The van der Waals surface area contributed by atoms with Crippen LogP contribution in [0.1, 0.15) is 32.6 Å². The molecule has 0 heterocycles. The third-order valence-electron chi connectivity index (χ3n) is 3.19. The maximum atomic E-state index is 11.7. The first-order valence-electron chi connectivity index (χ1n) is 7.01. The average Bonchev–Trinajstić information content (AvgIpc) is 3.21. The molecule has 0 aromatic heterocycles. The minimum Gasteiger partial charge on any atom is -0.328 e. The lowest BCUT2D eigenvalue weighted by Gasteiger charge is -2.09. The van der Waals surface area contributed by atoms with Gasteiger partial charge in [-0.05, 0) is 44.4 Å². The normalized spacial score (nSPS) is 15.5. The van der Waals surface area contributed by atoms with E-state index in [1.54, 1.807) is 12.1 Å². The summed E-state index contributed by atoms with van der Waals surface area (Å²) in [5, 5.41) is 5.67. The molecule has 108 valence electrons. The van der Waals surface area contributed by atoms with Crippen LogP contribution in [0.3, 0.4) is 0 Å². The molecule has 2 amide bonds. The Morgan fingerprint density at radius 1 is 1.30 bits per heavy atom. The summed E-state index contributed by atoms with van der Waals surface area (Å²) in [4.78, 5) is 23.4. The molecule has 20 heavy (non-hydrogen) atoms. The van der Waals surface area contributed by atoms with Crippen molar-refractivity contribution in [1.82, 2.24) is 0 Å². The Morgan fingerprint density at radius 3 is 2.55 bits per heavy atom. The van der Waals surface area contributed by atoms with Crippen LogP contribution in [0, 0.1) is 5.92 Å². The van der Waals surface area contributed by atoms with Gasteiger partial charge in [-0.3, -0.25) is 9.59 Å². The Kier molecular flexibility index (Phi) is 4.74. The van der Waals surface area contributed by atoms with Gasteiger partial charge in [0.05, 0.1) is 0 Å². The maximum Gasteiger partial charge on any atom is 0.227 e. The number of carbonyl (C=O) groups is 2. The topological polar surface area (TPSA) is 84.2 Å². The quantitative estimate of drug-likeness (QED) is 0.743. The number of hydrogen-bond acceptors (Lipinski definition) is 3. The largest absolute Gasteiger partial charge is 0.328 e. The highest BCUT2D eigenvalue weighted by Crippen LogP contribution is 2.30. The van der Waals surface area contributed by atoms with E-state index in [4.69, 9.17) is 5.73 Å². The Bertz CT molecular complexity index is 496. The molecule has 0 saturated heterocycles. The molecule has 0 bridgehead atoms. The zero-order valence-electron chi connectivity index (χ0n) is 11.7. The molecule has 5 nitrogen and oxygen atoms in total. The number of amides is 2. The van der Waals surface area contributed by atoms with Gasteiger partial charge in [0.2, 0.25) is 11.8 Å². The second kappa shape index (κ2) is 6.52. The molecule has 2 rings (SSSR count). The van der Waals surface area contributed by atoms with E-state index in [1.807, 2.05) is 19.1 Å². The van der Waals surface area contributed by atoms with Crippen LogP contribution in [-0.4, -0.2) is 17.9 Å². The summed E-state index contributed by atoms with van der Waals surface area (Å²) in [5.41, 5.74) is 7.02. The number of rotatable bonds is 6. The number of nitrogens with two attached hydrogens (primary N) is 1. The molecular formula is C15H21N3O2. The number of carbonyl (C=O) groups excluding carboxylic acids is 2. The molecular weight excluding hydrogens is 254 g/mol. The minimum absolute atomic E-state index is 0.0184. The lowest BCUT2D eigenvalue weighted by molar-refractivity contribution is -0.117. The van der Waals surface area contributed by atoms with E-state index in [1.165, 1.54) is 0 Å². The van der Waals surface area contributed by atoms with Crippen LogP contribution in [0.25, 0.3) is 0 Å². The van der Waals surface area contributed by atoms with Crippen molar-refractivity contribution < 1.29 is 9.59 Å². The highest BCUT2D eigenvalue weighted by atomic mass is 16.2. The third kappa shape index (κ3) is 4.66. The van der Waals surface area contributed by atoms with Crippen molar-refractivity contribution >= 4 is 23.2 Å². The van der Waals surface area contributed by atoms with Crippen LogP contribution in [-0.2, 0) is 9.59 Å². The Morgan fingerprint density at radius 2 is 1.95 bits per heavy atom. The van der Waals surface area contributed by atoms with Gasteiger partial charge in [-0.25, -0.2) is 0 Å². The Labute approximate surface area is 118 Å². The lowest BCUT2D eigenvalue weighted by Crippen LogP contribution is -2.19. The summed E-state index contributed by atoms with van der Waals surface area (Å²) in [6.07, 6.45) is 3.00. The first kappa shape index (κ1) is 14.5. The molecule has 1 unspecified atom stereocenters. The van der Waals surface area contributed by atoms with Crippen molar-refractivity contribution in [2.75, 3.05) is 10.6 Å². The highest BCUT2D eigenvalue weighted by Gasteiger charge is 2.29. The fourth-order valence-electron chi connectivity index (χ4n) is 1.85. The monoisotopic (exact) mass is 275 g/mol. The molecule has 1 atom stereocenters. The second-order valence-electron chi connectivity index (χ2n) is 5.41. The molecule has 4 N–H and O–H groups in total. The first-order valence-corrected chi connectivity index (χ1v) is 7.01. The van der Waals surface area contributed by atoms with Gasteiger partial charge < -0.3 is 16.4 Å². The van der Waals surface area contributed by atoms with Gasteiger partial charge in [-0.2, -0.15) is 0 Å². The number of hydrogen-bond donors (Lipinski definition) is 3. The zero-order chi connectivity index (χ0) is 14.5. The fraction of sp³-hybridized carbons (Fsp3) is 0.467. The third-order valence-corrected chi connectivity index (χ3v) is 3.19. The Balaban J connectivity index is 1.88. The zero-order valence-corrected chi connectivity index (χ0v) is 11.7. The summed E-state index contributed by atoms with van der Waals surface area (Å²) in [5.74, 6) is 0.165. The van der Waals surface area contributed by atoms with Gasteiger partial charge >= 0.3 is 0 Å². The van der Waals surface area contributed by atoms with Crippen molar-refractivity contribution in [3.05, 3.63) is 24.3 Å². The lowest BCUT2D eigenvalue weighted by atomic mass is 10.2. The van der Waals surface area contributed by atoms with Crippen molar-refractivity contribution in [2.45, 2.75) is 38.6 Å². The SMILES string of the molecule is CC(N)CCC(=O)Nc1cccc(NC(=O)C2CC2)c1. The van der Waals surface area contributed by atoms with Gasteiger partial charge in [0.25, 0.3) is 0 Å². The van der Waals surface area contributed by atoms with Crippen LogP contribution in [0.4, 0.5) is 11.4 Å². The smallest absolute Gasteiger partial charge is 0.227 e. The van der Waals surface area contributed by atoms with Crippen LogP contribution < -0.4 is 16.4 Å². The predicted molar refractivity (Wildman–Crippen MR) is 79.3 cm³/mol. The molecule has 5 heteroatoms.